The van der Waals surface area contributed by atoms with Gasteiger partial charge in [-0.15, -0.1) is 0 Å². The molecule has 3 heteroatoms. The molecule has 1 saturated heterocycles. The number of carbonyl (C=O) groups is 1. The molecule has 1 aliphatic heterocycles. The Morgan fingerprint density at radius 3 is 2.69 bits per heavy atom. The Morgan fingerprint density at radius 2 is 2.12 bits per heavy atom. The van der Waals surface area contributed by atoms with Gasteiger partial charge < -0.3 is 10.6 Å². The van der Waals surface area contributed by atoms with Crippen molar-refractivity contribution in [2.45, 2.75) is 57.9 Å². The second-order valence-electron chi connectivity index (χ2n) is 5.39. The highest BCUT2D eigenvalue weighted by Crippen LogP contribution is 2.47. The predicted molar refractivity (Wildman–Crippen MR) is 65.0 cm³/mol. The van der Waals surface area contributed by atoms with E-state index in [1.54, 1.807) is 0 Å². The fourth-order valence-corrected chi connectivity index (χ4v) is 2.83. The Morgan fingerprint density at radius 1 is 1.38 bits per heavy atom. The van der Waals surface area contributed by atoms with Crippen molar-refractivity contribution in [1.29, 1.82) is 0 Å². The maximum absolute atomic E-state index is 12.5. The van der Waals surface area contributed by atoms with Crippen molar-refractivity contribution in [3.05, 3.63) is 0 Å². The fourth-order valence-electron chi connectivity index (χ4n) is 2.83. The molecule has 0 aromatic rings. The lowest BCUT2D eigenvalue weighted by Gasteiger charge is -2.32. The van der Waals surface area contributed by atoms with Gasteiger partial charge in [0.1, 0.15) is 0 Å². The van der Waals surface area contributed by atoms with E-state index >= 15 is 0 Å². The standard InChI is InChI=1S/C13H24N2O/c1-2-11-6-4-3-5-9-15(11)12(16)13(10-14)7-8-13/h11H,2-10,14H2,1H3. The van der Waals surface area contributed by atoms with Gasteiger partial charge in [-0.05, 0) is 32.1 Å². The lowest BCUT2D eigenvalue weighted by molar-refractivity contribution is -0.139. The summed E-state index contributed by atoms with van der Waals surface area (Å²) in [7, 11) is 0. The van der Waals surface area contributed by atoms with Crippen LogP contribution in [0.3, 0.4) is 0 Å². The molecule has 0 bridgehead atoms. The number of nitrogens with zero attached hydrogens (tertiary/aromatic N) is 1. The van der Waals surface area contributed by atoms with Crippen molar-refractivity contribution in [2.24, 2.45) is 11.1 Å². The van der Waals surface area contributed by atoms with E-state index in [0.717, 1.165) is 25.8 Å². The van der Waals surface area contributed by atoms with Crippen molar-refractivity contribution in [1.82, 2.24) is 4.90 Å². The first-order valence-corrected chi connectivity index (χ1v) is 6.74. The molecule has 92 valence electrons. The Balaban J connectivity index is 2.07. The average molecular weight is 224 g/mol. The number of amides is 1. The van der Waals surface area contributed by atoms with Crippen molar-refractivity contribution < 1.29 is 4.79 Å². The first-order valence-electron chi connectivity index (χ1n) is 6.74. The van der Waals surface area contributed by atoms with Crippen LogP contribution in [-0.4, -0.2) is 29.9 Å². The van der Waals surface area contributed by atoms with Gasteiger partial charge in [-0.1, -0.05) is 19.8 Å². The summed E-state index contributed by atoms with van der Waals surface area (Å²) in [6.07, 6.45) is 8.01. The molecule has 0 aromatic carbocycles. The Kier molecular flexibility index (Phi) is 3.53. The van der Waals surface area contributed by atoms with Crippen molar-refractivity contribution in [3.8, 4) is 0 Å². The summed E-state index contributed by atoms with van der Waals surface area (Å²) < 4.78 is 0. The summed E-state index contributed by atoms with van der Waals surface area (Å²) in [6.45, 7) is 3.69. The fraction of sp³-hybridized carbons (Fsp3) is 0.923. The molecule has 1 aliphatic carbocycles. The maximum Gasteiger partial charge on any atom is 0.230 e. The van der Waals surface area contributed by atoms with Crippen molar-refractivity contribution >= 4 is 5.91 Å². The monoisotopic (exact) mass is 224 g/mol. The number of rotatable bonds is 3. The summed E-state index contributed by atoms with van der Waals surface area (Å²) in [6, 6.07) is 0.471. The molecule has 1 unspecified atom stereocenters. The van der Waals surface area contributed by atoms with Gasteiger partial charge in [-0.3, -0.25) is 4.79 Å². The molecule has 2 N–H and O–H groups in total. The van der Waals surface area contributed by atoms with E-state index in [1.165, 1.54) is 25.7 Å². The number of hydrogen-bond donors (Lipinski definition) is 1. The molecule has 16 heavy (non-hydrogen) atoms. The normalized spacial score (nSPS) is 28.6. The molecule has 0 spiro atoms. The van der Waals surface area contributed by atoms with Crippen LogP contribution in [0, 0.1) is 5.41 Å². The quantitative estimate of drug-likeness (QED) is 0.796. The zero-order valence-corrected chi connectivity index (χ0v) is 10.4. The van der Waals surface area contributed by atoms with Gasteiger partial charge in [-0.25, -0.2) is 0 Å². The number of carbonyl (C=O) groups excluding carboxylic acids is 1. The number of likely N-dealkylation sites (tertiary alicyclic amines) is 1. The van der Waals surface area contributed by atoms with Gasteiger partial charge in [0.2, 0.25) is 5.91 Å². The van der Waals surface area contributed by atoms with Crippen LogP contribution in [-0.2, 0) is 4.79 Å². The maximum atomic E-state index is 12.5. The molecule has 1 amide bonds. The summed E-state index contributed by atoms with van der Waals surface area (Å²) in [5, 5.41) is 0. The van der Waals surface area contributed by atoms with E-state index in [0.29, 0.717) is 18.5 Å². The average Bonchev–Trinajstić information content (AvgIpc) is 3.12. The van der Waals surface area contributed by atoms with Crippen LogP contribution in [0.5, 0.6) is 0 Å². The zero-order chi connectivity index (χ0) is 11.6. The van der Waals surface area contributed by atoms with Gasteiger partial charge in [0.05, 0.1) is 5.41 Å². The lowest BCUT2D eigenvalue weighted by Crippen LogP contribution is -2.46. The molecule has 0 aromatic heterocycles. The van der Waals surface area contributed by atoms with E-state index < -0.39 is 0 Å². The summed E-state index contributed by atoms with van der Waals surface area (Å²) >= 11 is 0. The lowest BCUT2D eigenvalue weighted by atomic mass is 10.0. The molecule has 2 rings (SSSR count). The third-order valence-corrected chi connectivity index (χ3v) is 4.31. The van der Waals surface area contributed by atoms with Crippen LogP contribution in [0.1, 0.15) is 51.9 Å². The number of nitrogens with two attached hydrogens (primary N) is 1. The smallest absolute Gasteiger partial charge is 0.230 e. The van der Waals surface area contributed by atoms with Crippen LogP contribution in [0.15, 0.2) is 0 Å². The summed E-state index contributed by atoms with van der Waals surface area (Å²) in [5.74, 6) is 0.351. The zero-order valence-electron chi connectivity index (χ0n) is 10.4. The van der Waals surface area contributed by atoms with Crippen molar-refractivity contribution in [2.75, 3.05) is 13.1 Å². The van der Waals surface area contributed by atoms with E-state index in [9.17, 15) is 4.79 Å². The van der Waals surface area contributed by atoms with E-state index in [1.807, 2.05) is 0 Å². The Bertz CT molecular complexity index is 261. The third-order valence-electron chi connectivity index (χ3n) is 4.31. The van der Waals surface area contributed by atoms with Crippen LogP contribution < -0.4 is 5.73 Å². The van der Waals surface area contributed by atoms with E-state index in [2.05, 4.69) is 11.8 Å². The minimum absolute atomic E-state index is 0.155. The number of hydrogen-bond acceptors (Lipinski definition) is 2. The highest BCUT2D eigenvalue weighted by molar-refractivity contribution is 5.86. The van der Waals surface area contributed by atoms with Crippen molar-refractivity contribution in [3.63, 3.8) is 0 Å². The van der Waals surface area contributed by atoms with Crippen LogP contribution in [0.25, 0.3) is 0 Å². The molecule has 2 fully saturated rings. The predicted octanol–water partition coefficient (Wildman–Crippen LogP) is 1.91. The third kappa shape index (κ3) is 2.10. The van der Waals surface area contributed by atoms with Gasteiger partial charge in [-0.2, -0.15) is 0 Å². The molecule has 2 aliphatic rings. The molecule has 0 radical (unpaired) electrons. The second-order valence-corrected chi connectivity index (χ2v) is 5.39. The van der Waals surface area contributed by atoms with Gasteiger partial charge in [0.25, 0.3) is 0 Å². The highest BCUT2D eigenvalue weighted by atomic mass is 16.2. The molecule has 1 saturated carbocycles. The molecule has 3 nitrogen and oxygen atoms in total. The first-order chi connectivity index (χ1) is 7.73. The molecular weight excluding hydrogens is 200 g/mol. The minimum Gasteiger partial charge on any atom is -0.339 e. The summed E-state index contributed by atoms with van der Waals surface area (Å²) in [4.78, 5) is 14.6. The van der Waals surface area contributed by atoms with Gasteiger partial charge in [0, 0.05) is 19.1 Å². The highest BCUT2D eigenvalue weighted by Gasteiger charge is 2.51. The second kappa shape index (κ2) is 4.74. The Hall–Kier alpha value is -0.570. The van der Waals surface area contributed by atoms with Crippen LogP contribution in [0.4, 0.5) is 0 Å². The van der Waals surface area contributed by atoms with E-state index in [-0.39, 0.29) is 5.41 Å². The van der Waals surface area contributed by atoms with E-state index in [4.69, 9.17) is 5.73 Å². The van der Waals surface area contributed by atoms with Crippen LogP contribution >= 0.6 is 0 Å². The first kappa shape index (κ1) is 11.9. The molecular formula is C13H24N2O. The molecule has 1 atom stereocenters. The van der Waals surface area contributed by atoms with Gasteiger partial charge >= 0.3 is 0 Å². The van der Waals surface area contributed by atoms with Gasteiger partial charge in [0.15, 0.2) is 0 Å². The van der Waals surface area contributed by atoms with Crippen LogP contribution in [0.2, 0.25) is 0 Å². The minimum atomic E-state index is -0.155. The SMILES string of the molecule is CCC1CCCCCN1C(=O)C1(CN)CC1. The topological polar surface area (TPSA) is 46.3 Å². The Labute approximate surface area is 98.4 Å². The summed E-state index contributed by atoms with van der Waals surface area (Å²) in [5.41, 5.74) is 5.60. The largest absolute Gasteiger partial charge is 0.339 e. The molecule has 1 heterocycles.